The average molecular weight is 312 g/mol. The summed E-state index contributed by atoms with van der Waals surface area (Å²) >= 11 is 3.62. The van der Waals surface area contributed by atoms with Crippen LogP contribution >= 0.6 is 15.9 Å². The lowest BCUT2D eigenvalue weighted by Crippen LogP contribution is -2.42. The average Bonchev–Trinajstić information content (AvgIpc) is 2.35. The maximum Gasteiger partial charge on any atom is 0.251 e. The summed E-state index contributed by atoms with van der Waals surface area (Å²) in [6.45, 7) is 1.81. The fourth-order valence-corrected chi connectivity index (χ4v) is 2.97. The van der Waals surface area contributed by atoms with E-state index in [-0.39, 0.29) is 17.7 Å². The Morgan fingerprint density at radius 2 is 2.11 bits per heavy atom. The van der Waals surface area contributed by atoms with E-state index in [4.69, 9.17) is 0 Å². The van der Waals surface area contributed by atoms with Crippen LogP contribution in [0.3, 0.4) is 0 Å². The number of aromatic hydroxyl groups is 1. The van der Waals surface area contributed by atoms with Gasteiger partial charge in [0.15, 0.2) is 0 Å². The minimum atomic E-state index is -0.110. The lowest BCUT2D eigenvalue weighted by molar-refractivity contribution is 0.0929. The molecule has 0 aliphatic heterocycles. The number of nitrogens with one attached hydrogen (secondary N) is 1. The van der Waals surface area contributed by atoms with Gasteiger partial charge in [-0.2, -0.15) is 0 Å². The number of hydrogen-bond acceptors (Lipinski definition) is 2. The lowest BCUT2D eigenvalue weighted by atomic mass is 9.95. The van der Waals surface area contributed by atoms with Crippen LogP contribution in [-0.2, 0) is 0 Å². The molecule has 0 spiro atoms. The molecule has 0 radical (unpaired) electrons. The summed E-state index contributed by atoms with van der Waals surface area (Å²) in [6.07, 6.45) is 4.49. The van der Waals surface area contributed by atoms with E-state index in [1.54, 1.807) is 12.1 Å². The number of benzene rings is 1. The molecule has 18 heavy (non-hydrogen) atoms. The first-order valence-electron chi connectivity index (χ1n) is 6.32. The highest BCUT2D eigenvalue weighted by molar-refractivity contribution is 9.09. The topological polar surface area (TPSA) is 49.3 Å². The molecule has 0 aromatic heterocycles. The minimum absolute atomic E-state index is 0.110. The van der Waals surface area contributed by atoms with Gasteiger partial charge in [0.25, 0.3) is 5.91 Å². The van der Waals surface area contributed by atoms with E-state index < -0.39 is 0 Å². The molecule has 1 aliphatic rings. The number of aryl methyl sites for hydroxylation is 1. The third kappa shape index (κ3) is 3.05. The van der Waals surface area contributed by atoms with E-state index in [1.165, 1.54) is 12.5 Å². The second-order valence-corrected chi connectivity index (χ2v) is 6.06. The van der Waals surface area contributed by atoms with Crippen LogP contribution in [0, 0.1) is 6.92 Å². The summed E-state index contributed by atoms with van der Waals surface area (Å²) in [5.74, 6) is 0.0586. The van der Waals surface area contributed by atoms with Gasteiger partial charge in [-0.1, -0.05) is 34.8 Å². The van der Waals surface area contributed by atoms with Gasteiger partial charge >= 0.3 is 0 Å². The van der Waals surface area contributed by atoms with Gasteiger partial charge in [0.1, 0.15) is 5.75 Å². The molecule has 1 fully saturated rings. The molecule has 1 aromatic rings. The zero-order valence-electron chi connectivity index (χ0n) is 10.4. The Kier molecular flexibility index (Phi) is 4.27. The van der Waals surface area contributed by atoms with Crippen LogP contribution < -0.4 is 5.32 Å². The molecule has 1 aliphatic carbocycles. The molecule has 98 valence electrons. The minimum Gasteiger partial charge on any atom is -0.508 e. The molecule has 2 unspecified atom stereocenters. The highest BCUT2D eigenvalue weighted by atomic mass is 79.9. The monoisotopic (exact) mass is 311 g/mol. The largest absolute Gasteiger partial charge is 0.508 e. The second kappa shape index (κ2) is 5.74. The van der Waals surface area contributed by atoms with Gasteiger partial charge in [0.05, 0.1) is 0 Å². The van der Waals surface area contributed by atoms with E-state index in [0.717, 1.165) is 24.8 Å². The first kappa shape index (κ1) is 13.4. The molecule has 0 heterocycles. The van der Waals surface area contributed by atoms with Gasteiger partial charge in [-0.15, -0.1) is 0 Å². The second-order valence-electron chi connectivity index (χ2n) is 4.88. The van der Waals surface area contributed by atoms with Crippen molar-refractivity contribution in [3.05, 3.63) is 29.3 Å². The summed E-state index contributed by atoms with van der Waals surface area (Å²) < 4.78 is 0. The first-order valence-corrected chi connectivity index (χ1v) is 7.24. The van der Waals surface area contributed by atoms with Crippen LogP contribution in [0.4, 0.5) is 0 Å². The van der Waals surface area contributed by atoms with Crippen molar-refractivity contribution < 1.29 is 9.90 Å². The molecule has 2 rings (SSSR count). The van der Waals surface area contributed by atoms with Crippen molar-refractivity contribution in [1.29, 1.82) is 0 Å². The first-order chi connectivity index (χ1) is 8.58. The van der Waals surface area contributed by atoms with Gasteiger partial charge in [0, 0.05) is 16.4 Å². The molecule has 0 saturated heterocycles. The Morgan fingerprint density at radius 3 is 2.78 bits per heavy atom. The number of carbonyl (C=O) groups is 1. The van der Waals surface area contributed by atoms with Crippen molar-refractivity contribution in [3.63, 3.8) is 0 Å². The maximum atomic E-state index is 12.1. The number of carbonyl (C=O) groups excluding carboxylic acids is 1. The highest BCUT2D eigenvalue weighted by Gasteiger charge is 2.24. The number of halogens is 1. The number of rotatable bonds is 2. The Balaban J connectivity index is 2.04. The van der Waals surface area contributed by atoms with Crippen LogP contribution in [-0.4, -0.2) is 21.9 Å². The van der Waals surface area contributed by atoms with Gasteiger partial charge in [-0.05, 0) is 37.5 Å². The molecular formula is C14H18BrNO2. The Hall–Kier alpha value is -1.03. The number of alkyl halides is 1. The Labute approximate surface area is 116 Å². The molecule has 1 amide bonds. The van der Waals surface area contributed by atoms with Crippen LogP contribution in [0.15, 0.2) is 18.2 Å². The third-order valence-electron chi connectivity index (χ3n) is 3.47. The molecule has 3 nitrogen and oxygen atoms in total. The van der Waals surface area contributed by atoms with Crippen molar-refractivity contribution in [2.24, 2.45) is 0 Å². The van der Waals surface area contributed by atoms with Gasteiger partial charge < -0.3 is 10.4 Å². The lowest BCUT2D eigenvalue weighted by Gasteiger charge is -2.28. The smallest absolute Gasteiger partial charge is 0.251 e. The van der Waals surface area contributed by atoms with E-state index >= 15 is 0 Å². The van der Waals surface area contributed by atoms with Crippen LogP contribution in [0.2, 0.25) is 0 Å². The zero-order chi connectivity index (χ0) is 13.1. The van der Waals surface area contributed by atoms with Crippen LogP contribution in [0.25, 0.3) is 0 Å². The van der Waals surface area contributed by atoms with Gasteiger partial charge in [-0.3, -0.25) is 4.79 Å². The van der Waals surface area contributed by atoms with Crippen molar-refractivity contribution in [2.45, 2.75) is 43.5 Å². The van der Waals surface area contributed by atoms with E-state index in [2.05, 4.69) is 21.2 Å². The number of phenols is 1. The summed E-state index contributed by atoms with van der Waals surface area (Å²) in [4.78, 5) is 12.4. The standard InChI is InChI=1S/C14H18BrNO2/c1-9-6-7-10(8-13(9)17)14(18)16-12-5-3-2-4-11(12)15/h6-8,11-12,17H,2-5H2,1H3,(H,16,18). The molecule has 4 heteroatoms. The predicted octanol–water partition coefficient (Wildman–Crippen LogP) is 3.14. The van der Waals surface area contributed by atoms with Crippen molar-refractivity contribution in [2.75, 3.05) is 0 Å². The number of amides is 1. The van der Waals surface area contributed by atoms with Crippen molar-refractivity contribution >= 4 is 21.8 Å². The Morgan fingerprint density at radius 1 is 1.39 bits per heavy atom. The van der Waals surface area contributed by atoms with Gasteiger partial charge in [-0.25, -0.2) is 0 Å². The summed E-state index contributed by atoms with van der Waals surface area (Å²) in [5, 5.41) is 12.7. The summed E-state index contributed by atoms with van der Waals surface area (Å²) in [5.41, 5.74) is 1.30. The van der Waals surface area contributed by atoms with E-state index in [0.29, 0.717) is 10.4 Å². The van der Waals surface area contributed by atoms with Crippen LogP contribution in [0.5, 0.6) is 5.75 Å². The molecule has 0 bridgehead atoms. The van der Waals surface area contributed by atoms with Crippen molar-refractivity contribution in [3.8, 4) is 5.75 Å². The van der Waals surface area contributed by atoms with E-state index in [1.807, 2.05) is 6.92 Å². The fraction of sp³-hybridized carbons (Fsp3) is 0.500. The normalized spacial score (nSPS) is 23.7. The van der Waals surface area contributed by atoms with Crippen LogP contribution in [0.1, 0.15) is 41.6 Å². The third-order valence-corrected chi connectivity index (χ3v) is 4.57. The van der Waals surface area contributed by atoms with Crippen molar-refractivity contribution in [1.82, 2.24) is 5.32 Å². The fourth-order valence-electron chi connectivity index (χ4n) is 2.25. The molecule has 2 atom stereocenters. The molecule has 1 aromatic carbocycles. The van der Waals surface area contributed by atoms with Gasteiger partial charge in [0.2, 0.25) is 0 Å². The maximum absolute atomic E-state index is 12.1. The Bertz CT molecular complexity index is 447. The molecule has 1 saturated carbocycles. The number of hydrogen-bond donors (Lipinski definition) is 2. The zero-order valence-corrected chi connectivity index (χ0v) is 12.0. The SMILES string of the molecule is Cc1ccc(C(=O)NC2CCCCC2Br)cc1O. The number of phenolic OH excluding ortho intramolecular Hbond substituents is 1. The molecule has 2 N–H and O–H groups in total. The quantitative estimate of drug-likeness (QED) is 0.824. The predicted molar refractivity (Wildman–Crippen MR) is 75.3 cm³/mol. The molecular weight excluding hydrogens is 294 g/mol. The highest BCUT2D eigenvalue weighted by Crippen LogP contribution is 2.25. The summed E-state index contributed by atoms with van der Waals surface area (Å²) in [6, 6.07) is 5.22. The van der Waals surface area contributed by atoms with E-state index in [9.17, 15) is 9.90 Å². The summed E-state index contributed by atoms with van der Waals surface area (Å²) in [7, 11) is 0.